The molecule has 2 aromatic carbocycles. The summed E-state index contributed by atoms with van der Waals surface area (Å²) in [6.45, 7) is 2.86. The molecule has 0 aliphatic heterocycles. The fourth-order valence-electron chi connectivity index (χ4n) is 1.88. The summed E-state index contributed by atoms with van der Waals surface area (Å²) in [6, 6.07) is 15.9. The Kier molecular flexibility index (Phi) is 5.03. The summed E-state index contributed by atoms with van der Waals surface area (Å²) in [5.41, 5.74) is 3.41. The van der Waals surface area contributed by atoms with E-state index >= 15 is 0 Å². The average molecular weight is 331 g/mol. The van der Waals surface area contributed by atoms with E-state index in [1.807, 2.05) is 36.4 Å². The fraction of sp³-hybridized carbons (Fsp3) is 0.188. The molecule has 0 atom stereocenters. The Hall–Kier alpha value is -1.99. The zero-order valence-corrected chi connectivity index (χ0v) is 12.8. The van der Waals surface area contributed by atoms with Crippen molar-refractivity contribution in [1.29, 1.82) is 5.26 Å². The highest BCUT2D eigenvalue weighted by Crippen LogP contribution is 2.21. The Bertz CT molecular complexity index is 635. The van der Waals surface area contributed by atoms with Gasteiger partial charge in [-0.25, -0.2) is 0 Å². The molecule has 3 nitrogen and oxygen atoms in total. The van der Waals surface area contributed by atoms with Crippen LogP contribution in [0.4, 0.5) is 5.69 Å². The maximum atomic E-state index is 8.51. The molecular formula is C16H15BrN2O. The molecule has 0 amide bonds. The first kappa shape index (κ1) is 14.4. The number of hydrogen-bond acceptors (Lipinski definition) is 3. The monoisotopic (exact) mass is 330 g/mol. The number of nitrogens with zero attached hydrogens (tertiary/aromatic N) is 1. The van der Waals surface area contributed by atoms with Crippen molar-refractivity contribution in [1.82, 2.24) is 0 Å². The summed E-state index contributed by atoms with van der Waals surface area (Å²) in [7, 11) is 0. The zero-order valence-electron chi connectivity index (χ0n) is 11.2. The number of nitriles is 1. The van der Waals surface area contributed by atoms with E-state index in [0.29, 0.717) is 6.54 Å². The first-order valence-corrected chi connectivity index (χ1v) is 7.07. The third-order valence-electron chi connectivity index (χ3n) is 2.87. The third kappa shape index (κ3) is 4.01. The zero-order chi connectivity index (χ0) is 14.4. The van der Waals surface area contributed by atoms with Crippen LogP contribution in [0, 0.1) is 18.3 Å². The first-order valence-electron chi connectivity index (χ1n) is 6.28. The van der Waals surface area contributed by atoms with Gasteiger partial charge in [-0.1, -0.05) is 28.1 Å². The predicted octanol–water partition coefficient (Wildman–Crippen LogP) is 4.27. The van der Waals surface area contributed by atoms with Gasteiger partial charge in [0.15, 0.2) is 6.61 Å². The lowest BCUT2D eigenvalue weighted by atomic mass is 10.1. The minimum atomic E-state index is 0.0721. The number of rotatable bonds is 5. The number of nitrogens with one attached hydrogen (secondary N) is 1. The second kappa shape index (κ2) is 6.97. The van der Waals surface area contributed by atoms with Gasteiger partial charge >= 0.3 is 0 Å². The molecule has 1 N–H and O–H groups in total. The Morgan fingerprint density at radius 3 is 2.85 bits per heavy atom. The Morgan fingerprint density at radius 1 is 1.25 bits per heavy atom. The van der Waals surface area contributed by atoms with Gasteiger partial charge in [0.25, 0.3) is 0 Å². The van der Waals surface area contributed by atoms with E-state index < -0.39 is 0 Å². The van der Waals surface area contributed by atoms with Gasteiger partial charge < -0.3 is 10.1 Å². The van der Waals surface area contributed by atoms with Gasteiger partial charge in [-0.2, -0.15) is 5.26 Å². The van der Waals surface area contributed by atoms with E-state index in [9.17, 15) is 0 Å². The summed E-state index contributed by atoms with van der Waals surface area (Å²) < 4.78 is 6.37. The van der Waals surface area contributed by atoms with Crippen LogP contribution in [0.3, 0.4) is 0 Å². The van der Waals surface area contributed by atoms with Gasteiger partial charge in [-0.05, 0) is 48.4 Å². The van der Waals surface area contributed by atoms with Crippen LogP contribution in [0.15, 0.2) is 46.9 Å². The number of benzene rings is 2. The number of anilines is 1. The second-order valence-corrected chi connectivity index (χ2v) is 5.32. The number of halogens is 1. The number of hydrogen-bond donors (Lipinski definition) is 1. The second-order valence-electron chi connectivity index (χ2n) is 4.41. The van der Waals surface area contributed by atoms with Crippen LogP contribution < -0.4 is 10.1 Å². The molecule has 0 radical (unpaired) electrons. The molecule has 0 spiro atoms. The maximum Gasteiger partial charge on any atom is 0.174 e. The Labute approximate surface area is 127 Å². The lowest BCUT2D eigenvalue weighted by Gasteiger charge is -2.11. The van der Waals surface area contributed by atoms with Crippen molar-refractivity contribution in [2.75, 3.05) is 11.9 Å². The van der Waals surface area contributed by atoms with Crippen molar-refractivity contribution >= 4 is 21.6 Å². The molecule has 0 aromatic heterocycles. The summed E-state index contributed by atoms with van der Waals surface area (Å²) in [5, 5.41) is 11.9. The number of ether oxygens (including phenoxy) is 1. The van der Waals surface area contributed by atoms with Crippen LogP contribution in [0.2, 0.25) is 0 Å². The van der Waals surface area contributed by atoms with Crippen molar-refractivity contribution in [2.24, 2.45) is 0 Å². The summed E-state index contributed by atoms with van der Waals surface area (Å²) in [5.74, 6) is 0.721. The van der Waals surface area contributed by atoms with Crippen molar-refractivity contribution in [3.05, 3.63) is 58.1 Å². The van der Waals surface area contributed by atoms with E-state index in [-0.39, 0.29) is 6.61 Å². The van der Waals surface area contributed by atoms with Crippen molar-refractivity contribution < 1.29 is 4.74 Å². The molecule has 0 unspecified atom stereocenters. The van der Waals surface area contributed by atoms with Gasteiger partial charge in [0, 0.05) is 16.7 Å². The quantitative estimate of drug-likeness (QED) is 0.890. The van der Waals surface area contributed by atoms with Crippen molar-refractivity contribution in [3.8, 4) is 11.8 Å². The molecule has 0 saturated carbocycles. The SMILES string of the molecule is Cc1cc(Br)ccc1NCc1cccc(OCC#N)c1. The van der Waals surface area contributed by atoms with Crippen molar-refractivity contribution in [3.63, 3.8) is 0 Å². The minimum Gasteiger partial charge on any atom is -0.479 e. The van der Waals surface area contributed by atoms with Gasteiger partial charge in [0.05, 0.1) is 0 Å². The lowest BCUT2D eigenvalue weighted by Crippen LogP contribution is -2.01. The molecule has 0 aliphatic rings. The molecule has 20 heavy (non-hydrogen) atoms. The fourth-order valence-corrected chi connectivity index (χ4v) is 2.36. The van der Waals surface area contributed by atoms with E-state index in [1.54, 1.807) is 0 Å². The lowest BCUT2D eigenvalue weighted by molar-refractivity contribution is 0.368. The molecule has 2 aromatic rings. The minimum absolute atomic E-state index is 0.0721. The molecule has 0 heterocycles. The molecular weight excluding hydrogens is 316 g/mol. The van der Waals surface area contributed by atoms with Gasteiger partial charge in [0.1, 0.15) is 11.8 Å². The molecule has 4 heteroatoms. The summed E-state index contributed by atoms with van der Waals surface area (Å²) >= 11 is 3.46. The third-order valence-corrected chi connectivity index (χ3v) is 3.37. The Balaban J connectivity index is 2.01. The maximum absolute atomic E-state index is 8.51. The molecule has 0 fully saturated rings. The summed E-state index contributed by atoms with van der Waals surface area (Å²) in [6.07, 6.45) is 0. The van der Waals surface area contributed by atoms with E-state index in [0.717, 1.165) is 21.5 Å². The highest BCUT2D eigenvalue weighted by molar-refractivity contribution is 9.10. The topological polar surface area (TPSA) is 45.0 Å². The highest BCUT2D eigenvalue weighted by atomic mass is 79.9. The van der Waals surface area contributed by atoms with Crippen LogP contribution in [0.25, 0.3) is 0 Å². The number of aryl methyl sites for hydroxylation is 1. The Morgan fingerprint density at radius 2 is 2.10 bits per heavy atom. The van der Waals surface area contributed by atoms with Crippen LogP contribution in [-0.2, 0) is 6.54 Å². The molecule has 102 valence electrons. The average Bonchev–Trinajstić information content (AvgIpc) is 2.45. The molecule has 0 bridgehead atoms. The van der Waals surface area contributed by atoms with Gasteiger partial charge in [0.2, 0.25) is 0 Å². The predicted molar refractivity (Wildman–Crippen MR) is 83.8 cm³/mol. The molecule has 0 saturated heterocycles. The standard InChI is InChI=1S/C16H15BrN2O/c1-12-9-14(17)5-6-16(12)19-11-13-3-2-4-15(10-13)20-8-7-18/h2-6,9-10,19H,8,11H2,1H3. The van der Waals surface area contributed by atoms with Crippen LogP contribution >= 0.6 is 15.9 Å². The van der Waals surface area contributed by atoms with Gasteiger partial charge in [-0.15, -0.1) is 0 Å². The smallest absolute Gasteiger partial charge is 0.174 e. The van der Waals surface area contributed by atoms with Crippen LogP contribution in [-0.4, -0.2) is 6.61 Å². The van der Waals surface area contributed by atoms with Crippen LogP contribution in [0.5, 0.6) is 5.75 Å². The molecule has 2 rings (SSSR count). The van der Waals surface area contributed by atoms with Crippen molar-refractivity contribution in [2.45, 2.75) is 13.5 Å². The molecule has 0 aliphatic carbocycles. The summed E-state index contributed by atoms with van der Waals surface area (Å²) in [4.78, 5) is 0. The van der Waals surface area contributed by atoms with E-state index in [1.165, 1.54) is 5.56 Å². The van der Waals surface area contributed by atoms with Crippen LogP contribution in [0.1, 0.15) is 11.1 Å². The van der Waals surface area contributed by atoms with E-state index in [4.69, 9.17) is 10.00 Å². The first-order chi connectivity index (χ1) is 9.69. The van der Waals surface area contributed by atoms with Gasteiger partial charge in [-0.3, -0.25) is 0 Å². The normalized spacial score (nSPS) is 9.85. The van der Waals surface area contributed by atoms with E-state index in [2.05, 4.69) is 40.3 Å². The largest absolute Gasteiger partial charge is 0.479 e. The highest BCUT2D eigenvalue weighted by Gasteiger charge is 2.00.